The SMILES string of the molecule is COc1cc(Nc2ccc(C(=O)O)cc2Cl)ncn1. The number of carboxylic acids is 1. The van der Waals surface area contributed by atoms with Gasteiger partial charge in [-0.05, 0) is 18.2 Å². The number of carboxylic acid groups (broad SMARTS) is 1. The van der Waals surface area contributed by atoms with E-state index in [9.17, 15) is 4.79 Å². The standard InChI is InChI=1S/C12H10ClN3O3/c1-19-11-5-10(14-6-15-11)16-9-3-2-7(12(17)18)4-8(9)13/h2-6H,1H3,(H,17,18)(H,14,15,16). The molecule has 2 N–H and O–H groups in total. The van der Waals surface area contributed by atoms with E-state index in [1.165, 1.54) is 25.6 Å². The van der Waals surface area contributed by atoms with Gasteiger partial charge < -0.3 is 15.2 Å². The average Bonchev–Trinajstić information content (AvgIpc) is 2.41. The van der Waals surface area contributed by atoms with Crippen LogP contribution in [0.3, 0.4) is 0 Å². The van der Waals surface area contributed by atoms with Crippen molar-refractivity contribution in [1.29, 1.82) is 0 Å². The molecule has 0 amide bonds. The Morgan fingerprint density at radius 1 is 1.37 bits per heavy atom. The van der Waals surface area contributed by atoms with Crippen LogP contribution in [0.1, 0.15) is 10.4 Å². The van der Waals surface area contributed by atoms with E-state index in [0.29, 0.717) is 17.4 Å². The van der Waals surface area contributed by atoms with Crippen LogP contribution < -0.4 is 10.1 Å². The molecule has 0 saturated heterocycles. The average molecular weight is 280 g/mol. The van der Waals surface area contributed by atoms with E-state index in [4.69, 9.17) is 21.4 Å². The number of aromatic nitrogens is 2. The fraction of sp³-hybridized carbons (Fsp3) is 0.0833. The highest BCUT2D eigenvalue weighted by Gasteiger charge is 2.08. The first-order valence-corrected chi connectivity index (χ1v) is 5.64. The molecule has 0 saturated carbocycles. The third kappa shape index (κ3) is 3.11. The minimum Gasteiger partial charge on any atom is -0.481 e. The number of nitrogens with zero attached hydrogens (tertiary/aromatic N) is 2. The maximum atomic E-state index is 10.8. The van der Waals surface area contributed by atoms with Gasteiger partial charge in [0.25, 0.3) is 0 Å². The number of ether oxygens (including phenoxy) is 1. The quantitative estimate of drug-likeness (QED) is 0.895. The summed E-state index contributed by atoms with van der Waals surface area (Å²) in [4.78, 5) is 18.7. The monoisotopic (exact) mass is 279 g/mol. The van der Waals surface area contributed by atoms with Crippen LogP contribution >= 0.6 is 11.6 Å². The molecule has 0 atom stereocenters. The van der Waals surface area contributed by atoms with Crippen LogP contribution in [0.2, 0.25) is 5.02 Å². The second-order valence-corrected chi connectivity index (χ2v) is 3.98. The number of halogens is 1. The van der Waals surface area contributed by atoms with Crippen LogP contribution in [0.15, 0.2) is 30.6 Å². The van der Waals surface area contributed by atoms with Crippen LogP contribution in [-0.4, -0.2) is 28.2 Å². The van der Waals surface area contributed by atoms with Crippen molar-refractivity contribution in [2.45, 2.75) is 0 Å². The first-order valence-electron chi connectivity index (χ1n) is 5.26. The van der Waals surface area contributed by atoms with Gasteiger partial charge in [-0.1, -0.05) is 11.6 Å². The largest absolute Gasteiger partial charge is 0.481 e. The van der Waals surface area contributed by atoms with Crippen LogP contribution in [0, 0.1) is 0 Å². The first-order chi connectivity index (χ1) is 9.10. The van der Waals surface area contributed by atoms with Crippen LogP contribution in [0.4, 0.5) is 11.5 Å². The minimum absolute atomic E-state index is 0.121. The molecule has 0 aliphatic heterocycles. The molecule has 1 heterocycles. The molecule has 0 fully saturated rings. The molecule has 6 nitrogen and oxygen atoms in total. The van der Waals surface area contributed by atoms with Gasteiger partial charge in [0.15, 0.2) is 0 Å². The molecule has 2 aromatic rings. The highest BCUT2D eigenvalue weighted by Crippen LogP contribution is 2.26. The molecular weight excluding hydrogens is 270 g/mol. The van der Waals surface area contributed by atoms with Gasteiger partial charge in [0.1, 0.15) is 12.1 Å². The van der Waals surface area contributed by atoms with Gasteiger partial charge in [0.2, 0.25) is 5.88 Å². The van der Waals surface area contributed by atoms with Crippen molar-refractivity contribution in [2.24, 2.45) is 0 Å². The number of nitrogens with one attached hydrogen (secondary N) is 1. The summed E-state index contributed by atoms with van der Waals surface area (Å²) in [6.07, 6.45) is 1.35. The van der Waals surface area contributed by atoms with Crippen LogP contribution in [0.25, 0.3) is 0 Å². The number of benzene rings is 1. The summed E-state index contributed by atoms with van der Waals surface area (Å²) in [5, 5.41) is 12.1. The molecule has 0 radical (unpaired) electrons. The second-order valence-electron chi connectivity index (χ2n) is 3.57. The summed E-state index contributed by atoms with van der Waals surface area (Å²) < 4.78 is 4.97. The Bertz CT molecular complexity index is 619. The maximum absolute atomic E-state index is 10.8. The van der Waals surface area contributed by atoms with Gasteiger partial charge in [0, 0.05) is 6.07 Å². The lowest BCUT2D eigenvalue weighted by atomic mass is 10.2. The van der Waals surface area contributed by atoms with E-state index >= 15 is 0 Å². The highest BCUT2D eigenvalue weighted by molar-refractivity contribution is 6.33. The van der Waals surface area contributed by atoms with Crippen molar-refractivity contribution in [2.75, 3.05) is 12.4 Å². The molecule has 98 valence electrons. The zero-order valence-corrected chi connectivity index (χ0v) is 10.7. The van der Waals surface area contributed by atoms with Gasteiger partial charge in [-0.25, -0.2) is 14.8 Å². The summed E-state index contributed by atoms with van der Waals surface area (Å²) in [5.74, 6) is -0.121. The number of rotatable bonds is 4. The Morgan fingerprint density at radius 2 is 2.16 bits per heavy atom. The molecule has 2 rings (SSSR count). The Balaban J connectivity index is 2.25. The summed E-state index contributed by atoms with van der Waals surface area (Å²) in [5.41, 5.74) is 0.670. The number of aromatic carboxylic acids is 1. The van der Waals surface area contributed by atoms with Gasteiger partial charge in [-0.15, -0.1) is 0 Å². The molecule has 19 heavy (non-hydrogen) atoms. The van der Waals surface area contributed by atoms with E-state index < -0.39 is 5.97 Å². The molecule has 0 aliphatic carbocycles. The van der Waals surface area contributed by atoms with E-state index in [1.54, 1.807) is 12.1 Å². The fourth-order valence-corrected chi connectivity index (χ4v) is 1.63. The molecule has 1 aromatic heterocycles. The van der Waals surface area contributed by atoms with Crippen molar-refractivity contribution < 1.29 is 14.6 Å². The highest BCUT2D eigenvalue weighted by atomic mass is 35.5. The lowest BCUT2D eigenvalue weighted by Gasteiger charge is -2.08. The van der Waals surface area contributed by atoms with E-state index in [1.807, 2.05) is 0 Å². The van der Waals surface area contributed by atoms with Crippen molar-refractivity contribution in [3.63, 3.8) is 0 Å². The fourth-order valence-electron chi connectivity index (χ4n) is 1.41. The Hall–Kier alpha value is -2.34. The van der Waals surface area contributed by atoms with Crippen molar-refractivity contribution in [3.8, 4) is 5.88 Å². The topological polar surface area (TPSA) is 84.3 Å². The molecule has 0 spiro atoms. The predicted octanol–water partition coefficient (Wildman–Crippen LogP) is 2.58. The molecule has 7 heteroatoms. The van der Waals surface area contributed by atoms with Gasteiger partial charge in [-0.2, -0.15) is 0 Å². The van der Waals surface area contributed by atoms with Crippen molar-refractivity contribution in [3.05, 3.63) is 41.2 Å². The molecule has 0 aliphatic rings. The van der Waals surface area contributed by atoms with Crippen LogP contribution in [-0.2, 0) is 0 Å². The molecule has 0 unspecified atom stereocenters. The first kappa shape index (κ1) is 13.1. The summed E-state index contributed by atoms with van der Waals surface area (Å²) in [6.45, 7) is 0. The normalized spacial score (nSPS) is 10.0. The third-order valence-electron chi connectivity index (χ3n) is 2.33. The summed E-state index contributed by atoms with van der Waals surface area (Å²) in [6, 6.07) is 5.99. The van der Waals surface area contributed by atoms with E-state index in [-0.39, 0.29) is 10.6 Å². The zero-order chi connectivity index (χ0) is 13.8. The van der Waals surface area contributed by atoms with E-state index in [0.717, 1.165) is 0 Å². The number of hydrogen-bond acceptors (Lipinski definition) is 5. The molecule has 1 aromatic carbocycles. The number of methoxy groups -OCH3 is 1. The van der Waals surface area contributed by atoms with E-state index in [2.05, 4.69) is 15.3 Å². The van der Waals surface area contributed by atoms with Crippen LogP contribution in [0.5, 0.6) is 5.88 Å². The predicted molar refractivity (Wildman–Crippen MR) is 70.3 cm³/mol. The lowest BCUT2D eigenvalue weighted by molar-refractivity contribution is 0.0697. The smallest absolute Gasteiger partial charge is 0.335 e. The number of hydrogen-bond donors (Lipinski definition) is 2. The minimum atomic E-state index is -1.03. The summed E-state index contributed by atoms with van der Waals surface area (Å²) in [7, 11) is 1.50. The van der Waals surface area contributed by atoms with Gasteiger partial charge in [-0.3, -0.25) is 0 Å². The molecule has 0 bridgehead atoms. The van der Waals surface area contributed by atoms with Gasteiger partial charge >= 0.3 is 5.97 Å². The van der Waals surface area contributed by atoms with Gasteiger partial charge in [0.05, 0.1) is 23.4 Å². The summed E-state index contributed by atoms with van der Waals surface area (Å²) >= 11 is 6.00. The van der Waals surface area contributed by atoms with Crippen molar-refractivity contribution in [1.82, 2.24) is 9.97 Å². The lowest BCUT2D eigenvalue weighted by Crippen LogP contribution is -1.99. The third-order valence-corrected chi connectivity index (χ3v) is 2.64. The zero-order valence-electron chi connectivity index (χ0n) is 9.92. The Kier molecular flexibility index (Phi) is 3.82. The number of carbonyl (C=O) groups is 1. The van der Waals surface area contributed by atoms with Crippen molar-refractivity contribution >= 4 is 29.1 Å². The molecular formula is C12H10ClN3O3. The second kappa shape index (κ2) is 5.53. The Labute approximate surface area is 114 Å². The maximum Gasteiger partial charge on any atom is 0.335 e. The number of anilines is 2. The Morgan fingerprint density at radius 3 is 2.79 bits per heavy atom.